The molecule has 0 fully saturated rings. The van der Waals surface area contributed by atoms with Crippen LogP contribution in [0.2, 0.25) is 0 Å². The highest BCUT2D eigenvalue weighted by Crippen LogP contribution is 2.23. The zero-order valence-corrected chi connectivity index (χ0v) is 21.1. The second-order valence-corrected chi connectivity index (χ2v) is 8.64. The van der Waals surface area contributed by atoms with Gasteiger partial charge in [-0.1, -0.05) is 61.7 Å². The van der Waals surface area contributed by atoms with Crippen molar-refractivity contribution in [2.45, 2.75) is 26.7 Å². The fourth-order valence-corrected chi connectivity index (χ4v) is 3.32. The number of hydrogen-bond donors (Lipinski definition) is 0. The Labute approximate surface area is 217 Å². The van der Waals surface area contributed by atoms with Crippen LogP contribution < -0.4 is 4.74 Å². The molecule has 0 aromatic heterocycles. The minimum atomic E-state index is -0.454. The number of esters is 3. The third kappa shape index (κ3) is 8.32. The Balaban J connectivity index is 1.50. The normalized spacial score (nSPS) is 10.3. The van der Waals surface area contributed by atoms with Gasteiger partial charge in [-0.15, -0.1) is 0 Å². The maximum Gasteiger partial charge on any atom is 0.343 e. The van der Waals surface area contributed by atoms with Crippen molar-refractivity contribution in [3.63, 3.8) is 0 Å². The molecule has 3 aromatic rings. The molecule has 3 rings (SSSR count). The number of carbonyl (C=O) groups excluding carboxylic acids is 3. The number of carbonyl (C=O) groups is 3. The predicted octanol–water partition coefficient (Wildman–Crippen LogP) is 5.90. The lowest BCUT2D eigenvalue weighted by atomic mass is 10.0. The van der Waals surface area contributed by atoms with E-state index in [2.05, 4.69) is 13.2 Å². The summed E-state index contributed by atoms with van der Waals surface area (Å²) < 4.78 is 15.7. The van der Waals surface area contributed by atoms with Crippen LogP contribution >= 0.6 is 0 Å². The highest BCUT2D eigenvalue weighted by Gasteiger charge is 2.10. The molecule has 0 bridgehead atoms. The average Bonchev–Trinajstić information content (AvgIpc) is 2.89. The van der Waals surface area contributed by atoms with Gasteiger partial charge in [0, 0.05) is 24.0 Å². The molecule has 0 saturated carbocycles. The average molecular weight is 499 g/mol. The van der Waals surface area contributed by atoms with Gasteiger partial charge in [0.15, 0.2) is 0 Å². The van der Waals surface area contributed by atoms with E-state index in [4.69, 9.17) is 14.2 Å². The zero-order valence-electron chi connectivity index (χ0n) is 21.1. The number of rotatable bonds is 11. The molecule has 0 unspecified atom stereocenters. The molecule has 190 valence electrons. The lowest BCUT2D eigenvalue weighted by molar-refractivity contribution is -0.139. The van der Waals surface area contributed by atoms with E-state index in [1.54, 1.807) is 38.1 Å². The molecule has 0 spiro atoms. The van der Waals surface area contributed by atoms with Crippen LogP contribution in [-0.4, -0.2) is 31.1 Å². The highest BCUT2D eigenvalue weighted by molar-refractivity contribution is 5.91. The minimum absolute atomic E-state index is 0.245. The van der Waals surface area contributed by atoms with Crippen molar-refractivity contribution < 1.29 is 28.6 Å². The third-order valence-corrected chi connectivity index (χ3v) is 5.49. The van der Waals surface area contributed by atoms with E-state index in [9.17, 15) is 14.4 Å². The van der Waals surface area contributed by atoms with Crippen LogP contribution in [0.3, 0.4) is 0 Å². The summed E-state index contributed by atoms with van der Waals surface area (Å²) in [6.45, 7) is 10.9. The maximum atomic E-state index is 12.5. The molecule has 3 aromatic carbocycles. The van der Waals surface area contributed by atoms with Crippen LogP contribution in [0, 0.1) is 0 Å². The monoisotopic (exact) mass is 498 g/mol. The topological polar surface area (TPSA) is 78.9 Å². The first kappa shape index (κ1) is 27.1. The van der Waals surface area contributed by atoms with Crippen LogP contribution in [0.25, 0.3) is 11.1 Å². The summed E-state index contributed by atoms with van der Waals surface area (Å²) in [5.41, 5.74) is 5.17. The fraction of sp³-hybridized carbons (Fsp3) is 0.194. The van der Waals surface area contributed by atoms with Crippen molar-refractivity contribution in [3.05, 3.63) is 114 Å². The van der Waals surface area contributed by atoms with Crippen molar-refractivity contribution in [1.29, 1.82) is 0 Å². The number of hydrogen-bond acceptors (Lipinski definition) is 6. The van der Waals surface area contributed by atoms with Crippen molar-refractivity contribution in [1.82, 2.24) is 0 Å². The van der Waals surface area contributed by atoms with Crippen molar-refractivity contribution in [2.24, 2.45) is 0 Å². The van der Waals surface area contributed by atoms with E-state index < -0.39 is 11.9 Å². The lowest BCUT2D eigenvalue weighted by Gasteiger charge is -2.08. The molecule has 37 heavy (non-hydrogen) atoms. The minimum Gasteiger partial charge on any atom is -0.462 e. The van der Waals surface area contributed by atoms with Crippen molar-refractivity contribution in [2.75, 3.05) is 13.2 Å². The molecule has 0 saturated heterocycles. The number of benzene rings is 3. The number of ether oxygens (including phenoxy) is 3. The second kappa shape index (κ2) is 13.0. The second-order valence-electron chi connectivity index (χ2n) is 8.64. The van der Waals surface area contributed by atoms with Gasteiger partial charge in [-0.3, -0.25) is 0 Å². The summed E-state index contributed by atoms with van der Waals surface area (Å²) in [6.07, 6.45) is 1.16. The summed E-state index contributed by atoms with van der Waals surface area (Å²) in [4.78, 5) is 35.4. The quantitative estimate of drug-likeness (QED) is 0.186. The van der Waals surface area contributed by atoms with E-state index in [1.165, 1.54) is 0 Å². The maximum absolute atomic E-state index is 12.5. The SMILES string of the molecule is C=C(C)C(=O)OCCc1ccc(C(=O)Oc2ccc(-c3ccc(CCOC(=O)C(=C)C)cc3)cc2)cc1. The van der Waals surface area contributed by atoms with Crippen LogP contribution in [-0.2, 0) is 31.9 Å². The predicted molar refractivity (Wildman–Crippen MR) is 142 cm³/mol. The molecular weight excluding hydrogens is 468 g/mol. The summed E-state index contributed by atoms with van der Waals surface area (Å²) in [5, 5.41) is 0. The van der Waals surface area contributed by atoms with E-state index in [1.807, 2.05) is 48.5 Å². The van der Waals surface area contributed by atoms with Gasteiger partial charge in [0.2, 0.25) is 0 Å². The summed E-state index contributed by atoms with van der Waals surface area (Å²) in [7, 11) is 0. The van der Waals surface area contributed by atoms with Gasteiger partial charge >= 0.3 is 17.9 Å². The Morgan fingerprint density at radius 2 is 1.03 bits per heavy atom. The largest absolute Gasteiger partial charge is 0.462 e. The van der Waals surface area contributed by atoms with Crippen molar-refractivity contribution in [3.8, 4) is 16.9 Å². The van der Waals surface area contributed by atoms with Gasteiger partial charge in [0.05, 0.1) is 18.8 Å². The molecule has 0 amide bonds. The Bertz CT molecular complexity index is 1270. The Kier molecular flexibility index (Phi) is 9.55. The highest BCUT2D eigenvalue weighted by atomic mass is 16.5. The first-order chi connectivity index (χ1) is 17.7. The zero-order chi connectivity index (χ0) is 26.8. The van der Waals surface area contributed by atoms with Crippen LogP contribution in [0.15, 0.2) is 97.1 Å². The van der Waals surface area contributed by atoms with E-state index in [0.717, 1.165) is 22.3 Å². The Morgan fingerprint density at radius 3 is 1.46 bits per heavy atom. The Hall–Kier alpha value is -4.45. The fourth-order valence-electron chi connectivity index (χ4n) is 3.32. The molecule has 0 heterocycles. The summed E-state index contributed by atoms with van der Waals surface area (Å²) >= 11 is 0. The molecule has 0 aliphatic rings. The molecule has 0 radical (unpaired) electrons. The van der Waals surface area contributed by atoms with Crippen molar-refractivity contribution >= 4 is 17.9 Å². The molecule has 6 heteroatoms. The summed E-state index contributed by atoms with van der Waals surface area (Å²) in [6, 6.07) is 22.3. The molecule has 6 nitrogen and oxygen atoms in total. The van der Waals surface area contributed by atoms with Gasteiger partial charge in [-0.05, 0) is 60.4 Å². The van der Waals surface area contributed by atoms with Crippen LogP contribution in [0.1, 0.15) is 35.3 Å². The van der Waals surface area contributed by atoms with Gasteiger partial charge in [0.25, 0.3) is 0 Å². The molecule has 0 aliphatic carbocycles. The lowest BCUT2D eigenvalue weighted by Crippen LogP contribution is -2.09. The van der Waals surface area contributed by atoms with E-state index in [0.29, 0.717) is 41.9 Å². The van der Waals surface area contributed by atoms with Gasteiger partial charge < -0.3 is 14.2 Å². The van der Waals surface area contributed by atoms with Gasteiger partial charge in [-0.25, -0.2) is 14.4 Å². The summed E-state index contributed by atoms with van der Waals surface area (Å²) in [5.74, 6) is -0.805. The van der Waals surface area contributed by atoms with Crippen LogP contribution in [0.5, 0.6) is 5.75 Å². The third-order valence-electron chi connectivity index (χ3n) is 5.49. The van der Waals surface area contributed by atoms with E-state index >= 15 is 0 Å². The smallest absolute Gasteiger partial charge is 0.343 e. The van der Waals surface area contributed by atoms with Gasteiger partial charge in [0.1, 0.15) is 5.75 Å². The standard InChI is InChI=1S/C31H30O6/c1-21(2)29(32)35-19-17-23-5-9-25(10-6-23)26-13-15-28(16-14-26)37-31(34)27-11-7-24(8-12-27)18-20-36-30(33)22(3)4/h5-16H,1,3,17-20H2,2,4H3. The molecular formula is C31H30O6. The Morgan fingerprint density at radius 1 is 0.622 bits per heavy atom. The molecule has 0 aliphatic heterocycles. The van der Waals surface area contributed by atoms with Crippen LogP contribution in [0.4, 0.5) is 0 Å². The first-order valence-electron chi connectivity index (χ1n) is 11.9. The van der Waals surface area contributed by atoms with Gasteiger partial charge in [-0.2, -0.15) is 0 Å². The van der Waals surface area contributed by atoms with E-state index in [-0.39, 0.29) is 12.6 Å². The first-order valence-corrected chi connectivity index (χ1v) is 11.9. The molecule has 0 atom stereocenters. The molecule has 0 N–H and O–H groups in total.